The summed E-state index contributed by atoms with van der Waals surface area (Å²) in [5, 5.41) is 7.51. The summed E-state index contributed by atoms with van der Waals surface area (Å²) in [6.07, 6.45) is 7.49. The molecular formula is C14H18N4O. The number of nitrogens with zero attached hydrogens (tertiary/aromatic N) is 3. The first kappa shape index (κ1) is 12.3. The summed E-state index contributed by atoms with van der Waals surface area (Å²) in [7, 11) is 0. The molecule has 3 heterocycles. The molecule has 0 bridgehead atoms. The lowest BCUT2D eigenvalue weighted by molar-refractivity contribution is 0.342. The average molecular weight is 258 g/mol. The predicted molar refractivity (Wildman–Crippen MR) is 71.5 cm³/mol. The number of hydrogen-bond acceptors (Lipinski definition) is 5. The molecule has 0 spiro atoms. The van der Waals surface area contributed by atoms with Crippen LogP contribution < -0.4 is 5.32 Å². The largest absolute Gasteiger partial charge is 0.339 e. The fourth-order valence-corrected chi connectivity index (χ4v) is 2.42. The highest BCUT2D eigenvalue weighted by atomic mass is 16.5. The Morgan fingerprint density at radius 1 is 1.32 bits per heavy atom. The molecule has 5 nitrogen and oxygen atoms in total. The van der Waals surface area contributed by atoms with Gasteiger partial charge in [0.15, 0.2) is 0 Å². The van der Waals surface area contributed by atoms with E-state index in [2.05, 4.69) is 20.4 Å². The van der Waals surface area contributed by atoms with E-state index in [1.807, 2.05) is 18.2 Å². The minimum Gasteiger partial charge on any atom is -0.339 e. The molecule has 1 fully saturated rings. The second kappa shape index (κ2) is 5.93. The van der Waals surface area contributed by atoms with Crippen LogP contribution in [0.4, 0.5) is 0 Å². The molecule has 1 N–H and O–H groups in total. The van der Waals surface area contributed by atoms with Crippen molar-refractivity contribution in [2.75, 3.05) is 6.54 Å². The molecule has 3 rings (SSSR count). The maximum Gasteiger partial charge on any atom is 0.227 e. The Labute approximate surface area is 112 Å². The Kier molecular flexibility index (Phi) is 3.83. The van der Waals surface area contributed by atoms with E-state index < -0.39 is 0 Å². The Morgan fingerprint density at radius 3 is 3.11 bits per heavy atom. The highest BCUT2D eigenvalue weighted by molar-refractivity contribution is 5.46. The maximum absolute atomic E-state index is 5.28. The molecule has 0 saturated carbocycles. The van der Waals surface area contributed by atoms with Crippen LogP contribution in [0.15, 0.2) is 28.9 Å². The van der Waals surface area contributed by atoms with Crippen LogP contribution in [-0.4, -0.2) is 27.7 Å². The van der Waals surface area contributed by atoms with Gasteiger partial charge in [-0.05, 0) is 37.9 Å². The van der Waals surface area contributed by atoms with Crippen molar-refractivity contribution in [3.8, 4) is 11.5 Å². The number of nitrogens with one attached hydrogen (secondary N) is 1. The third-order valence-corrected chi connectivity index (χ3v) is 3.48. The average Bonchev–Trinajstić information content (AvgIpc) is 2.96. The van der Waals surface area contributed by atoms with Crippen molar-refractivity contribution < 1.29 is 4.52 Å². The number of piperidine rings is 1. The monoisotopic (exact) mass is 258 g/mol. The first-order valence-corrected chi connectivity index (χ1v) is 6.89. The van der Waals surface area contributed by atoms with Gasteiger partial charge in [0, 0.05) is 18.7 Å². The van der Waals surface area contributed by atoms with Crippen molar-refractivity contribution in [2.24, 2.45) is 0 Å². The van der Waals surface area contributed by atoms with Gasteiger partial charge in [-0.25, -0.2) is 0 Å². The van der Waals surface area contributed by atoms with E-state index in [1.54, 1.807) is 6.20 Å². The second-order valence-electron chi connectivity index (χ2n) is 4.91. The van der Waals surface area contributed by atoms with E-state index >= 15 is 0 Å². The van der Waals surface area contributed by atoms with E-state index in [0.717, 1.165) is 25.1 Å². The Bertz CT molecular complexity index is 505. The van der Waals surface area contributed by atoms with Crippen molar-refractivity contribution in [1.29, 1.82) is 0 Å². The van der Waals surface area contributed by atoms with Crippen molar-refractivity contribution in [2.45, 2.75) is 38.1 Å². The lowest BCUT2D eigenvalue weighted by Crippen LogP contribution is -2.34. The van der Waals surface area contributed by atoms with Crippen molar-refractivity contribution >= 4 is 0 Å². The van der Waals surface area contributed by atoms with E-state index in [0.29, 0.717) is 17.8 Å². The van der Waals surface area contributed by atoms with Gasteiger partial charge in [-0.1, -0.05) is 17.6 Å². The third-order valence-electron chi connectivity index (χ3n) is 3.48. The number of rotatable bonds is 4. The molecule has 19 heavy (non-hydrogen) atoms. The molecule has 0 amide bonds. The first-order valence-electron chi connectivity index (χ1n) is 6.89. The zero-order valence-electron chi connectivity index (χ0n) is 10.9. The number of pyridine rings is 1. The van der Waals surface area contributed by atoms with Crippen molar-refractivity contribution in [1.82, 2.24) is 20.4 Å². The van der Waals surface area contributed by atoms with Gasteiger partial charge in [-0.2, -0.15) is 4.98 Å². The first-order chi connectivity index (χ1) is 9.42. The maximum atomic E-state index is 5.28. The standard InChI is InChI=1S/C14H18N4O/c1-3-9-15-11(5-1)7-8-13-17-14(18-19-13)12-6-2-4-10-16-12/h2,4,6,10-11,15H,1,3,5,7-9H2. The van der Waals surface area contributed by atoms with Crippen molar-refractivity contribution in [3.63, 3.8) is 0 Å². The van der Waals surface area contributed by atoms with Gasteiger partial charge in [0.25, 0.3) is 0 Å². The lowest BCUT2D eigenvalue weighted by Gasteiger charge is -2.22. The lowest BCUT2D eigenvalue weighted by atomic mass is 10.0. The Hall–Kier alpha value is -1.75. The molecule has 2 aromatic heterocycles. The van der Waals surface area contributed by atoms with Crippen molar-refractivity contribution in [3.05, 3.63) is 30.3 Å². The topological polar surface area (TPSA) is 63.8 Å². The third kappa shape index (κ3) is 3.17. The zero-order chi connectivity index (χ0) is 12.9. The van der Waals surface area contributed by atoms with Gasteiger partial charge in [-0.3, -0.25) is 4.98 Å². The summed E-state index contributed by atoms with van der Waals surface area (Å²) in [5.74, 6) is 1.28. The molecule has 1 unspecified atom stereocenters. The Balaban J connectivity index is 1.59. The van der Waals surface area contributed by atoms with E-state index in [4.69, 9.17) is 4.52 Å². The zero-order valence-corrected chi connectivity index (χ0v) is 10.9. The van der Waals surface area contributed by atoms with Crippen LogP contribution in [0.3, 0.4) is 0 Å². The summed E-state index contributed by atoms with van der Waals surface area (Å²) >= 11 is 0. The molecule has 1 saturated heterocycles. The van der Waals surface area contributed by atoms with Crippen LogP contribution in [0, 0.1) is 0 Å². The molecule has 0 aliphatic carbocycles. The summed E-state index contributed by atoms with van der Waals surface area (Å²) in [5.41, 5.74) is 0.758. The molecule has 1 aliphatic rings. The fourth-order valence-electron chi connectivity index (χ4n) is 2.42. The summed E-state index contributed by atoms with van der Waals surface area (Å²) in [4.78, 5) is 8.61. The fraction of sp³-hybridized carbons (Fsp3) is 0.500. The normalized spacial score (nSPS) is 19.5. The quantitative estimate of drug-likeness (QED) is 0.910. The van der Waals surface area contributed by atoms with Crippen LogP contribution in [-0.2, 0) is 6.42 Å². The molecule has 1 atom stereocenters. The van der Waals surface area contributed by atoms with Gasteiger partial charge in [0.2, 0.25) is 11.7 Å². The van der Waals surface area contributed by atoms with Crippen LogP contribution >= 0.6 is 0 Å². The van der Waals surface area contributed by atoms with Gasteiger partial charge in [0.05, 0.1) is 0 Å². The molecule has 100 valence electrons. The highest BCUT2D eigenvalue weighted by Crippen LogP contribution is 2.15. The minimum atomic E-state index is 0.576. The summed E-state index contributed by atoms with van der Waals surface area (Å²) < 4.78 is 5.28. The highest BCUT2D eigenvalue weighted by Gasteiger charge is 2.15. The predicted octanol–water partition coefficient (Wildman–Crippen LogP) is 2.21. The van der Waals surface area contributed by atoms with Gasteiger partial charge in [0.1, 0.15) is 5.69 Å². The van der Waals surface area contributed by atoms with E-state index in [-0.39, 0.29) is 0 Å². The SMILES string of the molecule is c1ccc(-c2noc(CCC3CCCCN3)n2)nc1. The van der Waals surface area contributed by atoms with E-state index in [1.165, 1.54) is 19.3 Å². The molecule has 5 heteroatoms. The van der Waals surface area contributed by atoms with Crippen LogP contribution in [0.5, 0.6) is 0 Å². The molecule has 1 aliphatic heterocycles. The van der Waals surface area contributed by atoms with Gasteiger partial charge >= 0.3 is 0 Å². The summed E-state index contributed by atoms with van der Waals surface area (Å²) in [6, 6.07) is 6.28. The number of hydrogen-bond donors (Lipinski definition) is 1. The minimum absolute atomic E-state index is 0.576. The van der Waals surface area contributed by atoms with Gasteiger partial charge in [-0.15, -0.1) is 0 Å². The second-order valence-corrected chi connectivity index (χ2v) is 4.91. The Morgan fingerprint density at radius 2 is 2.32 bits per heavy atom. The molecule has 0 aromatic carbocycles. The number of aryl methyl sites for hydroxylation is 1. The summed E-state index contributed by atoms with van der Waals surface area (Å²) in [6.45, 7) is 1.13. The molecule has 2 aromatic rings. The smallest absolute Gasteiger partial charge is 0.227 e. The number of aromatic nitrogens is 3. The molecular weight excluding hydrogens is 240 g/mol. The van der Waals surface area contributed by atoms with E-state index in [9.17, 15) is 0 Å². The molecule has 0 radical (unpaired) electrons. The van der Waals surface area contributed by atoms with Crippen LogP contribution in [0.25, 0.3) is 11.5 Å². The van der Waals surface area contributed by atoms with Gasteiger partial charge < -0.3 is 9.84 Å². The van der Waals surface area contributed by atoms with Crippen LogP contribution in [0.1, 0.15) is 31.6 Å². The van der Waals surface area contributed by atoms with Crippen LogP contribution in [0.2, 0.25) is 0 Å².